The predicted octanol–water partition coefficient (Wildman–Crippen LogP) is 2.78. The Morgan fingerprint density at radius 3 is 2.58 bits per heavy atom. The van der Waals surface area contributed by atoms with Crippen molar-refractivity contribution in [3.63, 3.8) is 0 Å². The van der Waals surface area contributed by atoms with Crippen molar-refractivity contribution in [2.75, 3.05) is 18.6 Å². The van der Waals surface area contributed by atoms with Crippen LogP contribution in [-0.4, -0.2) is 34.0 Å². The summed E-state index contributed by atoms with van der Waals surface area (Å²) in [5, 5.41) is 1.69. The van der Waals surface area contributed by atoms with Crippen LogP contribution in [0.2, 0.25) is 0 Å². The van der Waals surface area contributed by atoms with Gasteiger partial charge in [0.05, 0.1) is 31.0 Å². The Balaban J connectivity index is 1.97. The number of hydrogen-bond acceptors (Lipinski definition) is 6. The number of methoxy groups -OCH3 is 2. The van der Waals surface area contributed by atoms with Crippen molar-refractivity contribution in [1.29, 1.82) is 0 Å². The summed E-state index contributed by atoms with van der Waals surface area (Å²) in [5.41, 5.74) is 2.69. The summed E-state index contributed by atoms with van der Waals surface area (Å²) in [6.07, 6.45) is 0. The number of anilines is 1. The summed E-state index contributed by atoms with van der Waals surface area (Å²) in [6.45, 7) is 0.878. The number of hydrazine groups is 1. The third kappa shape index (κ3) is 3.61. The van der Waals surface area contributed by atoms with Crippen molar-refractivity contribution >= 4 is 38.9 Å². The van der Waals surface area contributed by atoms with Gasteiger partial charge in [-0.3, -0.25) is 4.21 Å². The first kappa shape index (κ1) is 18.8. The van der Waals surface area contributed by atoms with Gasteiger partial charge < -0.3 is 14.0 Å². The number of carbonyl (C=O) groups is 1. The van der Waals surface area contributed by atoms with Gasteiger partial charge in [0.2, 0.25) is 0 Å². The highest BCUT2D eigenvalue weighted by Crippen LogP contribution is 2.35. The van der Waals surface area contributed by atoms with Crippen LogP contribution in [0.25, 0.3) is 0 Å². The van der Waals surface area contributed by atoms with Crippen molar-refractivity contribution < 1.29 is 23.0 Å². The lowest BCUT2D eigenvalue weighted by Crippen LogP contribution is -2.40. The van der Waals surface area contributed by atoms with Crippen LogP contribution >= 0.6 is 15.9 Å². The first-order valence-electron chi connectivity index (χ1n) is 7.62. The van der Waals surface area contributed by atoms with E-state index in [9.17, 15) is 13.6 Å². The molecule has 26 heavy (non-hydrogen) atoms. The third-order valence-corrected chi connectivity index (χ3v) is 5.28. The van der Waals surface area contributed by atoms with Crippen LogP contribution in [0.4, 0.5) is 5.69 Å². The van der Waals surface area contributed by atoms with Gasteiger partial charge >= 0.3 is 5.97 Å². The predicted molar refractivity (Wildman–Crippen MR) is 99.1 cm³/mol. The highest BCUT2D eigenvalue weighted by Gasteiger charge is 2.28. The molecule has 0 amide bonds. The van der Waals surface area contributed by atoms with E-state index < -0.39 is 17.2 Å². The molecule has 0 N–H and O–H groups in total. The molecule has 2 aromatic carbocycles. The Hall–Kier alpha value is -1.94. The first-order chi connectivity index (χ1) is 12.4. The molecule has 0 bridgehead atoms. The number of fused-ring (bicyclic) bond motifs is 1. The van der Waals surface area contributed by atoms with Crippen molar-refractivity contribution in [3.05, 3.63) is 57.6 Å². The highest BCUT2D eigenvalue weighted by atomic mass is 79.9. The summed E-state index contributed by atoms with van der Waals surface area (Å²) in [4.78, 5) is 11.7. The minimum Gasteiger partial charge on any atom is -0.754 e. The van der Waals surface area contributed by atoms with Gasteiger partial charge in [0.25, 0.3) is 0 Å². The second kappa shape index (κ2) is 7.75. The third-order valence-electron chi connectivity index (χ3n) is 4.08. The lowest BCUT2D eigenvalue weighted by Gasteiger charge is -2.35. The molecule has 7 nitrogen and oxygen atoms in total. The van der Waals surface area contributed by atoms with Crippen LogP contribution in [0.3, 0.4) is 0 Å². The van der Waals surface area contributed by atoms with E-state index in [2.05, 4.69) is 15.9 Å². The fraction of sp³-hybridized carbons (Fsp3) is 0.235. The van der Waals surface area contributed by atoms with E-state index in [-0.39, 0.29) is 11.3 Å². The molecular formula is C17H16BrN2O5S-. The van der Waals surface area contributed by atoms with E-state index >= 15 is 0 Å². The normalized spacial score (nSPS) is 14.6. The second-order valence-corrected chi connectivity index (χ2v) is 7.30. The summed E-state index contributed by atoms with van der Waals surface area (Å²) in [7, 11) is 2.70. The zero-order valence-corrected chi connectivity index (χ0v) is 16.5. The minimum absolute atomic E-state index is 0.259. The number of halogens is 1. The number of nitrogens with zero attached hydrogens (tertiary/aromatic N) is 2. The molecule has 2 aromatic rings. The molecule has 0 saturated heterocycles. The number of esters is 1. The minimum atomic E-state index is -2.57. The molecule has 0 fully saturated rings. The van der Waals surface area contributed by atoms with Gasteiger partial charge in [0.15, 0.2) is 0 Å². The maximum absolute atomic E-state index is 12.0. The zero-order chi connectivity index (χ0) is 18.8. The molecule has 1 atom stereocenters. The number of rotatable bonds is 5. The SMILES string of the molecule is COC(=O)c1ccc(N(N2Cc3ccc(Br)cc3C2)S(=O)[O-])c(OC)c1. The Labute approximate surface area is 162 Å². The van der Waals surface area contributed by atoms with E-state index in [0.717, 1.165) is 20.0 Å². The summed E-state index contributed by atoms with van der Waals surface area (Å²) in [5.74, 6) is -0.266. The van der Waals surface area contributed by atoms with Gasteiger partial charge in [-0.25, -0.2) is 14.2 Å². The Kier molecular flexibility index (Phi) is 5.61. The summed E-state index contributed by atoms with van der Waals surface area (Å²) in [6, 6.07) is 10.3. The monoisotopic (exact) mass is 439 g/mol. The standard InChI is InChI=1S/C17H17BrN2O5S/c1-24-16-8-11(17(21)25-2)4-6-15(16)20(26(22)23)19-9-12-3-5-14(18)7-13(12)10-19/h3-8H,9-10H2,1-2H3,(H,22,23)/p-1. The summed E-state index contributed by atoms with van der Waals surface area (Å²) >= 11 is 0.862. The van der Waals surface area contributed by atoms with Crippen LogP contribution in [0.15, 0.2) is 40.9 Å². The average molecular weight is 440 g/mol. The van der Waals surface area contributed by atoms with E-state index in [1.807, 2.05) is 18.2 Å². The molecular weight excluding hydrogens is 424 g/mol. The van der Waals surface area contributed by atoms with Gasteiger partial charge in [-0.15, -0.1) is 0 Å². The average Bonchev–Trinajstić information content (AvgIpc) is 3.03. The lowest BCUT2D eigenvalue weighted by molar-refractivity contribution is 0.0600. The Morgan fingerprint density at radius 2 is 1.92 bits per heavy atom. The van der Waals surface area contributed by atoms with Gasteiger partial charge in [-0.05, 0) is 41.5 Å². The lowest BCUT2D eigenvalue weighted by atomic mass is 10.1. The largest absolute Gasteiger partial charge is 0.754 e. The topological polar surface area (TPSA) is 82.1 Å². The number of carbonyl (C=O) groups excluding carboxylic acids is 1. The van der Waals surface area contributed by atoms with Crippen molar-refractivity contribution in [1.82, 2.24) is 5.01 Å². The van der Waals surface area contributed by atoms with Crippen molar-refractivity contribution in [2.24, 2.45) is 0 Å². The van der Waals surface area contributed by atoms with E-state index in [0.29, 0.717) is 18.8 Å². The van der Waals surface area contributed by atoms with E-state index in [4.69, 9.17) is 9.47 Å². The van der Waals surface area contributed by atoms with Crippen LogP contribution in [0, 0.1) is 0 Å². The number of ether oxygens (including phenoxy) is 2. The smallest absolute Gasteiger partial charge is 0.337 e. The molecule has 0 radical (unpaired) electrons. The molecule has 0 aliphatic carbocycles. The fourth-order valence-corrected chi connectivity index (χ4v) is 3.90. The first-order valence-corrected chi connectivity index (χ1v) is 9.45. The molecule has 0 saturated carbocycles. The highest BCUT2D eigenvalue weighted by molar-refractivity contribution is 9.10. The number of benzene rings is 2. The zero-order valence-electron chi connectivity index (χ0n) is 14.1. The van der Waals surface area contributed by atoms with Crippen LogP contribution in [-0.2, 0) is 29.1 Å². The number of hydrogen-bond donors (Lipinski definition) is 0. The molecule has 0 aromatic heterocycles. The van der Waals surface area contributed by atoms with Crippen LogP contribution in [0.5, 0.6) is 5.75 Å². The van der Waals surface area contributed by atoms with E-state index in [1.165, 1.54) is 32.4 Å². The fourth-order valence-electron chi connectivity index (χ4n) is 2.88. The molecule has 1 aliphatic rings. The second-order valence-electron chi connectivity index (χ2n) is 5.60. The van der Waals surface area contributed by atoms with Crippen LogP contribution < -0.4 is 9.15 Å². The summed E-state index contributed by atoms with van der Waals surface area (Å²) < 4.78 is 36.0. The molecule has 0 spiro atoms. The van der Waals surface area contributed by atoms with Gasteiger partial charge in [0, 0.05) is 17.6 Å². The van der Waals surface area contributed by atoms with Crippen molar-refractivity contribution in [2.45, 2.75) is 13.1 Å². The van der Waals surface area contributed by atoms with E-state index in [1.54, 1.807) is 5.01 Å². The Morgan fingerprint density at radius 1 is 1.19 bits per heavy atom. The molecule has 138 valence electrons. The van der Waals surface area contributed by atoms with Crippen molar-refractivity contribution in [3.8, 4) is 5.75 Å². The van der Waals surface area contributed by atoms with Crippen LogP contribution in [0.1, 0.15) is 21.5 Å². The van der Waals surface area contributed by atoms with Gasteiger partial charge in [0.1, 0.15) is 11.4 Å². The molecule has 1 heterocycles. The molecule has 3 rings (SSSR count). The maximum Gasteiger partial charge on any atom is 0.337 e. The molecule has 1 aliphatic heterocycles. The molecule has 1 unspecified atom stereocenters. The Bertz CT molecular complexity index is 876. The van der Waals surface area contributed by atoms with Gasteiger partial charge in [-0.2, -0.15) is 0 Å². The quantitative estimate of drug-likeness (QED) is 0.526. The van der Waals surface area contributed by atoms with Gasteiger partial charge in [-0.1, -0.05) is 22.0 Å². The maximum atomic E-state index is 12.0. The molecule has 9 heteroatoms.